The van der Waals surface area contributed by atoms with Gasteiger partial charge in [0.1, 0.15) is 23.1 Å². The van der Waals surface area contributed by atoms with Crippen LogP contribution >= 0.6 is 11.6 Å². The molecule has 2 fully saturated rings. The summed E-state index contributed by atoms with van der Waals surface area (Å²) in [6.07, 6.45) is 2.60. The second-order valence-electron chi connectivity index (χ2n) is 17.9. The molecule has 8 rings (SSSR count). The lowest BCUT2D eigenvalue weighted by Crippen LogP contribution is -2.54. The number of aromatic hydroxyl groups is 1. The van der Waals surface area contributed by atoms with Crippen molar-refractivity contribution in [1.82, 2.24) is 30.0 Å². The predicted octanol–water partition coefficient (Wildman–Crippen LogP) is 5.14. The number of hydrogen-bond acceptors (Lipinski definition) is 15. The van der Waals surface area contributed by atoms with Gasteiger partial charge in [-0.05, 0) is 71.5 Å². The van der Waals surface area contributed by atoms with Gasteiger partial charge in [0, 0.05) is 76.7 Å². The topological polar surface area (TPSA) is 222 Å². The number of nitrogens with zero attached hydrogens (tertiary/aromatic N) is 6. The lowest BCUT2D eigenvalue weighted by atomic mass is 9.96. The van der Waals surface area contributed by atoms with Gasteiger partial charge in [-0.15, -0.1) is 0 Å². The van der Waals surface area contributed by atoms with Crippen molar-refractivity contribution in [1.29, 1.82) is 0 Å². The molecule has 0 aliphatic carbocycles. The number of aryl methyl sites for hydroxylation is 1. The van der Waals surface area contributed by atoms with Crippen LogP contribution in [-0.2, 0) is 44.5 Å². The summed E-state index contributed by atoms with van der Waals surface area (Å²) in [6, 6.07) is 16.0. The number of carbonyl (C=O) groups excluding carboxylic acids is 6. The molecule has 1 atom stereocenters. The third kappa shape index (κ3) is 12.3. The second-order valence-corrected chi connectivity index (χ2v) is 18.3. The summed E-state index contributed by atoms with van der Waals surface area (Å²) in [5, 5.41) is 17.8. The number of piperazine rings is 1. The smallest absolute Gasteiger partial charge is 0.262 e. The van der Waals surface area contributed by atoms with Gasteiger partial charge in [-0.2, -0.15) is 4.98 Å². The van der Waals surface area contributed by atoms with Crippen molar-refractivity contribution >= 4 is 80.5 Å². The van der Waals surface area contributed by atoms with E-state index >= 15 is 4.39 Å². The van der Waals surface area contributed by atoms with Crippen LogP contribution in [0.3, 0.4) is 0 Å². The maximum absolute atomic E-state index is 16.9. The maximum atomic E-state index is 16.9. The number of halogens is 2. The van der Waals surface area contributed by atoms with E-state index in [0.29, 0.717) is 130 Å². The average Bonchev–Trinajstić information content (AvgIpc) is 3.66. The van der Waals surface area contributed by atoms with Crippen LogP contribution in [0.5, 0.6) is 5.75 Å². The summed E-state index contributed by atoms with van der Waals surface area (Å²) in [4.78, 5) is 91.3. The SMILES string of the molecule is C=CC(=O)N1CCN(c2nc(NCCC(=O)N(C)CCOCCOCCOCCOCCCc3cccc4c3C(=O)N(C3CCC(=O)NC3=O)C4=O)nc3c(F)c(-c4cc(O)cc5ccccc45)c(Cl)cc23)CC1. The third-order valence-electron chi connectivity index (χ3n) is 13.1. The van der Waals surface area contributed by atoms with Gasteiger partial charge in [-0.25, -0.2) is 9.37 Å². The minimum Gasteiger partial charge on any atom is -0.508 e. The zero-order chi connectivity index (χ0) is 52.3. The van der Waals surface area contributed by atoms with E-state index in [9.17, 15) is 33.9 Å². The minimum atomic E-state index is -1.01. The molecule has 3 aliphatic rings. The van der Waals surface area contributed by atoms with Crippen molar-refractivity contribution in [3.8, 4) is 16.9 Å². The number of rotatable bonds is 24. The number of fused-ring (bicyclic) bond motifs is 3. The quantitative estimate of drug-likeness (QED) is 0.0414. The Labute approximate surface area is 431 Å². The van der Waals surface area contributed by atoms with Crippen LogP contribution in [0, 0.1) is 5.82 Å². The Morgan fingerprint density at radius 2 is 1.57 bits per heavy atom. The fourth-order valence-corrected chi connectivity index (χ4v) is 9.53. The molecule has 0 radical (unpaired) electrons. The van der Waals surface area contributed by atoms with Crippen molar-refractivity contribution in [3.63, 3.8) is 0 Å². The lowest BCUT2D eigenvalue weighted by molar-refractivity contribution is -0.136. The molecule has 2 saturated heterocycles. The molecule has 0 bridgehead atoms. The molecule has 0 saturated carbocycles. The Bertz CT molecular complexity index is 2950. The molecule has 21 heteroatoms. The highest BCUT2D eigenvalue weighted by Crippen LogP contribution is 2.42. The maximum Gasteiger partial charge on any atom is 0.262 e. The summed E-state index contributed by atoms with van der Waals surface area (Å²) in [7, 11) is 1.68. The standard InChI is InChI=1S/C53H58ClFN8O11/c1-3-43(66)61-17-19-62(20-18-61)49-39-32-40(54)46(38-31-35(64)30-34-8-4-5-11-36(34)38)47(55)48(39)58-53(59-49)56-16-15-44(67)60(2)21-23-72-25-27-74-29-28-73-26-24-71-22-7-10-33-9-6-12-37-45(33)52(70)63(51(37)69)41-13-14-42(65)57-50(41)68/h3-6,8-9,11-12,30-32,41,64H,1,7,10,13-29H2,2H3,(H,56,58,59)(H,57,65,68). The summed E-state index contributed by atoms with van der Waals surface area (Å²) >= 11 is 6.86. The van der Waals surface area contributed by atoms with Crippen LogP contribution in [0.1, 0.15) is 52.0 Å². The van der Waals surface area contributed by atoms with Crippen molar-refractivity contribution in [3.05, 3.63) is 101 Å². The van der Waals surface area contributed by atoms with Gasteiger partial charge < -0.3 is 44.1 Å². The first kappa shape index (κ1) is 53.2. The largest absolute Gasteiger partial charge is 0.508 e. The molecule has 74 heavy (non-hydrogen) atoms. The fraction of sp³-hybridized carbons (Fsp3) is 0.396. The molecule has 4 heterocycles. The summed E-state index contributed by atoms with van der Waals surface area (Å²) in [5.41, 5.74) is 1.72. The number of piperidine rings is 1. The van der Waals surface area contributed by atoms with E-state index < -0.39 is 35.5 Å². The van der Waals surface area contributed by atoms with Crippen LogP contribution in [0.4, 0.5) is 16.2 Å². The van der Waals surface area contributed by atoms with E-state index in [1.165, 1.54) is 12.1 Å². The van der Waals surface area contributed by atoms with Gasteiger partial charge in [0.2, 0.25) is 29.6 Å². The molecule has 1 unspecified atom stereocenters. The number of carbonyl (C=O) groups is 6. The Hall–Kier alpha value is -7.10. The summed E-state index contributed by atoms with van der Waals surface area (Å²) in [6.45, 7) is 8.44. The van der Waals surface area contributed by atoms with Crippen molar-refractivity contribution < 1.29 is 57.2 Å². The molecular formula is C53H58ClFN8O11. The minimum absolute atomic E-state index is 0.000413. The summed E-state index contributed by atoms with van der Waals surface area (Å²) < 4.78 is 39.5. The zero-order valence-corrected chi connectivity index (χ0v) is 41.8. The molecule has 1 aromatic heterocycles. The van der Waals surface area contributed by atoms with Crippen LogP contribution in [0.25, 0.3) is 32.8 Å². The molecule has 6 amide bonds. The van der Waals surface area contributed by atoms with E-state index in [4.69, 9.17) is 35.5 Å². The Morgan fingerprint density at radius 1 is 0.865 bits per heavy atom. The molecule has 4 aromatic carbocycles. The number of aromatic nitrogens is 2. The van der Waals surface area contributed by atoms with Gasteiger partial charge in [0.15, 0.2) is 5.82 Å². The number of amides is 6. The number of ether oxygens (including phenoxy) is 4. The van der Waals surface area contributed by atoms with Crippen LogP contribution in [-0.4, -0.2) is 170 Å². The Morgan fingerprint density at radius 3 is 2.28 bits per heavy atom. The van der Waals surface area contributed by atoms with E-state index in [2.05, 4.69) is 22.2 Å². The number of imide groups is 2. The average molecular weight is 1040 g/mol. The van der Waals surface area contributed by atoms with Gasteiger partial charge >= 0.3 is 0 Å². The zero-order valence-electron chi connectivity index (χ0n) is 41.0. The van der Waals surface area contributed by atoms with Crippen molar-refractivity contribution in [2.75, 3.05) is 109 Å². The predicted molar refractivity (Wildman–Crippen MR) is 274 cm³/mol. The number of nitrogens with one attached hydrogen (secondary N) is 2. The molecular weight excluding hydrogens is 979 g/mol. The Balaban J connectivity index is 0.726. The highest BCUT2D eigenvalue weighted by molar-refractivity contribution is 6.35. The highest BCUT2D eigenvalue weighted by atomic mass is 35.5. The van der Waals surface area contributed by atoms with Crippen LogP contribution in [0.15, 0.2) is 73.3 Å². The normalized spacial score (nSPS) is 15.8. The number of anilines is 2. The molecule has 3 aliphatic heterocycles. The second kappa shape index (κ2) is 24.8. The number of likely N-dealkylation sites (N-methyl/N-ethyl adjacent to an activating group) is 1. The highest BCUT2D eigenvalue weighted by Gasteiger charge is 2.45. The van der Waals surface area contributed by atoms with Gasteiger partial charge in [-0.3, -0.25) is 39.0 Å². The van der Waals surface area contributed by atoms with Crippen molar-refractivity contribution in [2.45, 2.75) is 38.1 Å². The third-order valence-corrected chi connectivity index (χ3v) is 13.4. The summed E-state index contributed by atoms with van der Waals surface area (Å²) in [5.74, 6) is -2.69. The van der Waals surface area contributed by atoms with Gasteiger partial charge in [-0.1, -0.05) is 54.6 Å². The van der Waals surface area contributed by atoms with E-state index in [0.717, 1.165) is 4.90 Å². The van der Waals surface area contributed by atoms with E-state index in [1.54, 1.807) is 47.2 Å². The van der Waals surface area contributed by atoms with E-state index in [1.807, 2.05) is 29.2 Å². The monoisotopic (exact) mass is 1040 g/mol. The van der Waals surface area contributed by atoms with Crippen LogP contribution < -0.4 is 15.5 Å². The molecule has 3 N–H and O–H groups in total. The molecule has 5 aromatic rings. The first-order chi connectivity index (χ1) is 35.8. The van der Waals surface area contributed by atoms with Crippen molar-refractivity contribution in [2.24, 2.45) is 0 Å². The number of benzene rings is 4. The van der Waals surface area contributed by atoms with E-state index in [-0.39, 0.29) is 77.6 Å². The molecule has 390 valence electrons. The molecule has 19 nitrogen and oxygen atoms in total. The first-order valence-corrected chi connectivity index (χ1v) is 24.9. The fourth-order valence-electron chi connectivity index (χ4n) is 9.23. The van der Waals surface area contributed by atoms with Gasteiger partial charge in [0.25, 0.3) is 11.8 Å². The van der Waals surface area contributed by atoms with Gasteiger partial charge in [0.05, 0.1) is 62.4 Å². The lowest BCUT2D eigenvalue weighted by Gasteiger charge is -2.35. The number of hydrogen-bond donors (Lipinski definition) is 3. The number of phenolic OH excluding ortho intramolecular Hbond substituents is 1. The van der Waals surface area contributed by atoms with Crippen LogP contribution in [0.2, 0.25) is 5.02 Å². The Kier molecular flexibility index (Phi) is 17.8. The molecule has 0 spiro atoms. The first-order valence-electron chi connectivity index (χ1n) is 24.5. The number of phenols is 1.